The minimum Gasteiger partial charge on any atom is -0.497 e. The van der Waals surface area contributed by atoms with Crippen molar-refractivity contribution in [2.45, 2.75) is 32.4 Å². The second kappa shape index (κ2) is 7.39. The minimum atomic E-state index is -0.455. The summed E-state index contributed by atoms with van der Waals surface area (Å²) in [7, 11) is 1.63. The molecule has 1 amide bonds. The van der Waals surface area contributed by atoms with Crippen LogP contribution >= 0.6 is 0 Å². The Hall–Kier alpha value is -2.49. The highest BCUT2D eigenvalue weighted by molar-refractivity contribution is 5.81. The van der Waals surface area contributed by atoms with E-state index in [-0.39, 0.29) is 5.91 Å². The molecule has 1 aliphatic rings. The third kappa shape index (κ3) is 3.53. The summed E-state index contributed by atoms with van der Waals surface area (Å²) in [5, 5.41) is 0. The first-order chi connectivity index (χ1) is 11.7. The zero-order valence-electron chi connectivity index (χ0n) is 14.2. The van der Waals surface area contributed by atoms with Gasteiger partial charge in [-0.05, 0) is 48.2 Å². The molecule has 0 unspecified atom stereocenters. The molecule has 0 spiro atoms. The van der Waals surface area contributed by atoms with Gasteiger partial charge in [0.05, 0.1) is 7.11 Å². The molecule has 3 rings (SSSR count). The van der Waals surface area contributed by atoms with E-state index < -0.39 is 6.10 Å². The second-order valence-corrected chi connectivity index (χ2v) is 5.97. The maximum absolute atomic E-state index is 12.8. The van der Waals surface area contributed by atoms with Crippen molar-refractivity contribution < 1.29 is 14.3 Å². The van der Waals surface area contributed by atoms with Gasteiger partial charge in [0, 0.05) is 13.1 Å². The Kier molecular flexibility index (Phi) is 5.04. The summed E-state index contributed by atoms with van der Waals surface area (Å²) in [6.45, 7) is 3.39. The molecular formula is C20H23NO3. The average molecular weight is 325 g/mol. The molecule has 24 heavy (non-hydrogen) atoms. The predicted molar refractivity (Wildman–Crippen MR) is 93.3 cm³/mol. The van der Waals surface area contributed by atoms with Gasteiger partial charge in [0.15, 0.2) is 6.10 Å². The number of carbonyl (C=O) groups excluding carboxylic acids is 1. The monoisotopic (exact) mass is 325 g/mol. The van der Waals surface area contributed by atoms with E-state index in [1.165, 1.54) is 11.1 Å². The normalized spacial score (nSPS) is 14.7. The highest BCUT2D eigenvalue weighted by Gasteiger charge is 2.27. The first kappa shape index (κ1) is 16.4. The summed E-state index contributed by atoms with van der Waals surface area (Å²) in [4.78, 5) is 14.7. The lowest BCUT2D eigenvalue weighted by atomic mass is 9.99. The summed E-state index contributed by atoms with van der Waals surface area (Å²) in [6.07, 6.45) is 1.09. The zero-order chi connectivity index (χ0) is 16.9. The summed E-state index contributed by atoms with van der Waals surface area (Å²) >= 11 is 0. The standard InChI is InChI=1S/C20H23NO3/c1-3-19(24-18-10-8-17(23-2)9-11-18)20(22)21-13-12-15-6-4-5-7-16(15)14-21/h4-11,19H,3,12-14H2,1-2H3/t19-/m0/s1. The van der Waals surface area contributed by atoms with Crippen LogP contribution in [0.4, 0.5) is 0 Å². The predicted octanol–water partition coefficient (Wildman–Crippen LogP) is 3.44. The number of hydrogen-bond acceptors (Lipinski definition) is 3. The van der Waals surface area contributed by atoms with Crippen LogP contribution in [0.1, 0.15) is 24.5 Å². The lowest BCUT2D eigenvalue weighted by Crippen LogP contribution is -2.44. The smallest absolute Gasteiger partial charge is 0.263 e. The van der Waals surface area contributed by atoms with Gasteiger partial charge in [-0.15, -0.1) is 0 Å². The number of amides is 1. The fourth-order valence-electron chi connectivity index (χ4n) is 3.01. The molecule has 0 saturated heterocycles. The van der Waals surface area contributed by atoms with Crippen LogP contribution in [0.25, 0.3) is 0 Å². The van der Waals surface area contributed by atoms with E-state index in [0.29, 0.717) is 18.7 Å². The van der Waals surface area contributed by atoms with Gasteiger partial charge in [0.25, 0.3) is 5.91 Å². The van der Waals surface area contributed by atoms with Crippen LogP contribution in [-0.2, 0) is 17.8 Å². The second-order valence-electron chi connectivity index (χ2n) is 5.97. The number of carbonyl (C=O) groups is 1. The highest BCUT2D eigenvalue weighted by Crippen LogP contribution is 2.22. The molecule has 0 fully saturated rings. The molecule has 4 nitrogen and oxygen atoms in total. The number of hydrogen-bond donors (Lipinski definition) is 0. The van der Waals surface area contributed by atoms with Crippen LogP contribution in [-0.4, -0.2) is 30.6 Å². The SMILES string of the molecule is CC[C@H](Oc1ccc(OC)cc1)C(=O)N1CCc2ccccc2C1. The summed E-state index contributed by atoms with van der Waals surface area (Å²) < 4.78 is 11.1. The average Bonchev–Trinajstić information content (AvgIpc) is 2.65. The van der Waals surface area contributed by atoms with Crippen molar-refractivity contribution in [2.75, 3.05) is 13.7 Å². The number of fused-ring (bicyclic) bond motifs is 1. The van der Waals surface area contributed by atoms with Crippen LogP contribution in [0.3, 0.4) is 0 Å². The Labute approximate surface area is 143 Å². The van der Waals surface area contributed by atoms with Gasteiger partial charge < -0.3 is 14.4 Å². The molecule has 0 N–H and O–H groups in total. The van der Waals surface area contributed by atoms with Crippen molar-refractivity contribution >= 4 is 5.91 Å². The van der Waals surface area contributed by atoms with E-state index in [1.807, 2.05) is 42.2 Å². The number of rotatable bonds is 5. The summed E-state index contributed by atoms with van der Waals surface area (Å²) in [6, 6.07) is 15.7. The van der Waals surface area contributed by atoms with Gasteiger partial charge >= 0.3 is 0 Å². The Morgan fingerprint density at radius 3 is 2.42 bits per heavy atom. The number of nitrogens with zero attached hydrogens (tertiary/aromatic N) is 1. The van der Waals surface area contributed by atoms with Gasteiger partial charge in [0.1, 0.15) is 11.5 Å². The van der Waals surface area contributed by atoms with Gasteiger partial charge in [-0.3, -0.25) is 4.79 Å². The molecule has 2 aromatic carbocycles. The van der Waals surface area contributed by atoms with Gasteiger partial charge in [-0.2, -0.15) is 0 Å². The van der Waals surface area contributed by atoms with Crippen molar-refractivity contribution in [2.24, 2.45) is 0 Å². The first-order valence-corrected chi connectivity index (χ1v) is 8.37. The van der Waals surface area contributed by atoms with Crippen molar-refractivity contribution in [1.29, 1.82) is 0 Å². The molecule has 0 radical (unpaired) electrons. The number of benzene rings is 2. The summed E-state index contributed by atoms with van der Waals surface area (Å²) in [5.74, 6) is 1.52. The topological polar surface area (TPSA) is 38.8 Å². The van der Waals surface area contributed by atoms with Crippen LogP contribution in [0, 0.1) is 0 Å². The van der Waals surface area contributed by atoms with Crippen LogP contribution in [0.2, 0.25) is 0 Å². The third-order valence-corrected chi connectivity index (χ3v) is 4.43. The largest absolute Gasteiger partial charge is 0.497 e. The third-order valence-electron chi connectivity index (χ3n) is 4.43. The number of methoxy groups -OCH3 is 1. The van der Waals surface area contributed by atoms with Crippen molar-refractivity contribution in [3.8, 4) is 11.5 Å². The molecule has 0 saturated carbocycles. The Morgan fingerprint density at radius 2 is 1.75 bits per heavy atom. The van der Waals surface area contributed by atoms with E-state index in [2.05, 4.69) is 18.2 Å². The first-order valence-electron chi connectivity index (χ1n) is 8.37. The fraction of sp³-hybridized carbons (Fsp3) is 0.350. The molecule has 0 aliphatic carbocycles. The number of ether oxygens (including phenoxy) is 2. The lowest BCUT2D eigenvalue weighted by Gasteiger charge is -2.31. The lowest BCUT2D eigenvalue weighted by molar-refractivity contribution is -0.139. The molecular weight excluding hydrogens is 302 g/mol. The Morgan fingerprint density at radius 1 is 1.08 bits per heavy atom. The molecule has 126 valence electrons. The van der Waals surface area contributed by atoms with E-state index in [1.54, 1.807) is 7.11 Å². The van der Waals surface area contributed by atoms with E-state index in [4.69, 9.17) is 9.47 Å². The molecule has 1 atom stereocenters. The summed E-state index contributed by atoms with van der Waals surface area (Å²) in [5.41, 5.74) is 2.57. The quantitative estimate of drug-likeness (QED) is 0.845. The van der Waals surface area contributed by atoms with Crippen LogP contribution in [0.5, 0.6) is 11.5 Å². The van der Waals surface area contributed by atoms with Crippen molar-refractivity contribution in [3.05, 3.63) is 59.7 Å². The Balaban J connectivity index is 1.68. The Bertz CT molecular complexity index is 696. The van der Waals surface area contributed by atoms with E-state index in [0.717, 1.165) is 18.7 Å². The van der Waals surface area contributed by atoms with Crippen LogP contribution in [0.15, 0.2) is 48.5 Å². The highest BCUT2D eigenvalue weighted by atomic mass is 16.5. The van der Waals surface area contributed by atoms with Crippen molar-refractivity contribution in [3.63, 3.8) is 0 Å². The molecule has 2 aromatic rings. The van der Waals surface area contributed by atoms with Crippen molar-refractivity contribution in [1.82, 2.24) is 4.90 Å². The maximum Gasteiger partial charge on any atom is 0.263 e. The fourth-order valence-corrected chi connectivity index (χ4v) is 3.01. The maximum atomic E-state index is 12.8. The van der Waals surface area contributed by atoms with Gasteiger partial charge in [0.2, 0.25) is 0 Å². The van der Waals surface area contributed by atoms with E-state index in [9.17, 15) is 4.79 Å². The van der Waals surface area contributed by atoms with Crippen LogP contribution < -0.4 is 9.47 Å². The molecule has 1 heterocycles. The minimum absolute atomic E-state index is 0.0582. The molecule has 0 aromatic heterocycles. The zero-order valence-corrected chi connectivity index (χ0v) is 14.2. The molecule has 0 bridgehead atoms. The molecule has 1 aliphatic heterocycles. The molecule has 4 heteroatoms. The van der Waals surface area contributed by atoms with Gasteiger partial charge in [-0.25, -0.2) is 0 Å². The van der Waals surface area contributed by atoms with E-state index >= 15 is 0 Å². The van der Waals surface area contributed by atoms with Gasteiger partial charge in [-0.1, -0.05) is 31.2 Å².